The van der Waals surface area contributed by atoms with Crippen LogP contribution in [0, 0.1) is 5.92 Å². The molecule has 0 aliphatic rings. The van der Waals surface area contributed by atoms with Crippen LogP contribution in [0.2, 0.25) is 0 Å². The average molecular weight is 272 g/mol. The largest absolute Gasteiger partial charge is 0.512 e. The number of rotatable bonds is 7. The maximum atomic E-state index is 11.8. The fourth-order valence-corrected chi connectivity index (χ4v) is 1.82. The maximum Gasteiger partial charge on any atom is 0.159 e. The highest BCUT2D eigenvalue weighted by atomic mass is 16.3. The monoisotopic (exact) mass is 272 g/mol. The molecule has 1 aromatic rings. The molecular weight excluding hydrogens is 248 g/mol. The Labute approximate surface area is 121 Å². The predicted octanol–water partition coefficient (Wildman–Crippen LogP) is 4.62. The quantitative estimate of drug-likeness (QED) is 0.446. The molecule has 1 N–H and O–H groups in total. The molecule has 1 atom stereocenters. The van der Waals surface area contributed by atoms with E-state index in [1.807, 2.05) is 51.1 Å². The molecule has 0 spiro atoms. The van der Waals surface area contributed by atoms with Crippen molar-refractivity contribution in [1.82, 2.24) is 0 Å². The normalized spacial score (nSPS) is 12.8. The lowest BCUT2D eigenvalue weighted by Gasteiger charge is -2.08. The number of aliphatic hydroxyl groups excluding tert-OH is 1. The van der Waals surface area contributed by atoms with E-state index >= 15 is 0 Å². The van der Waals surface area contributed by atoms with Gasteiger partial charge >= 0.3 is 0 Å². The summed E-state index contributed by atoms with van der Waals surface area (Å²) in [7, 11) is 0. The molecule has 0 saturated carbocycles. The number of hydrogen-bond acceptors (Lipinski definition) is 2. The fourth-order valence-electron chi connectivity index (χ4n) is 1.82. The van der Waals surface area contributed by atoms with E-state index in [9.17, 15) is 9.90 Å². The summed E-state index contributed by atoms with van der Waals surface area (Å²) < 4.78 is 0. The number of aryl methyl sites for hydroxylation is 1. The molecule has 2 nitrogen and oxygen atoms in total. The molecule has 1 aromatic carbocycles. The molecule has 0 bridgehead atoms. The van der Waals surface area contributed by atoms with Gasteiger partial charge in [-0.15, -0.1) is 0 Å². The lowest BCUT2D eigenvalue weighted by molar-refractivity contribution is -0.114. The number of ketones is 1. The number of carbonyl (C=O) groups is 1. The Kier molecular flexibility index (Phi) is 6.78. The van der Waals surface area contributed by atoms with Crippen molar-refractivity contribution in [1.29, 1.82) is 0 Å². The summed E-state index contributed by atoms with van der Waals surface area (Å²) in [6.45, 7) is 5.98. The van der Waals surface area contributed by atoms with Gasteiger partial charge in [-0.1, -0.05) is 48.9 Å². The Hall–Kier alpha value is -1.83. The van der Waals surface area contributed by atoms with E-state index in [0.717, 1.165) is 12.0 Å². The molecule has 2 heteroatoms. The van der Waals surface area contributed by atoms with Gasteiger partial charge in [0.2, 0.25) is 0 Å². The molecule has 0 unspecified atom stereocenters. The van der Waals surface area contributed by atoms with Crippen LogP contribution in [0.25, 0.3) is 0 Å². The van der Waals surface area contributed by atoms with E-state index < -0.39 is 0 Å². The third-order valence-corrected chi connectivity index (χ3v) is 3.20. The molecule has 0 aliphatic carbocycles. The van der Waals surface area contributed by atoms with Crippen molar-refractivity contribution in [3.8, 4) is 0 Å². The van der Waals surface area contributed by atoms with Crippen LogP contribution < -0.4 is 0 Å². The van der Waals surface area contributed by atoms with Crippen molar-refractivity contribution >= 4 is 5.78 Å². The summed E-state index contributed by atoms with van der Waals surface area (Å²) in [5.74, 6) is 0.154. The Morgan fingerprint density at radius 3 is 2.50 bits per heavy atom. The fraction of sp³-hybridized carbons (Fsp3) is 0.389. The zero-order chi connectivity index (χ0) is 15.0. The third-order valence-electron chi connectivity index (χ3n) is 3.20. The summed E-state index contributed by atoms with van der Waals surface area (Å²) in [6.07, 6.45) is 5.36. The molecule has 0 saturated heterocycles. The average Bonchev–Trinajstić information content (AvgIpc) is 2.43. The smallest absolute Gasteiger partial charge is 0.159 e. The van der Waals surface area contributed by atoms with Crippen LogP contribution in [0.4, 0.5) is 0 Å². The van der Waals surface area contributed by atoms with Gasteiger partial charge < -0.3 is 5.11 Å². The third kappa shape index (κ3) is 6.37. The first-order valence-corrected chi connectivity index (χ1v) is 7.09. The van der Waals surface area contributed by atoms with Gasteiger partial charge in [0.05, 0.1) is 5.76 Å². The standard InChI is InChI=1S/C18H24O2/c1-14(2)9-10-15(3)18(20)13-17(19)12-11-16-7-5-4-6-8-16/h4-9,13,15,20H,10-12H2,1-3H3/t15-/m1/s1. The van der Waals surface area contributed by atoms with Crippen molar-refractivity contribution in [2.24, 2.45) is 5.92 Å². The predicted molar refractivity (Wildman–Crippen MR) is 83.7 cm³/mol. The van der Waals surface area contributed by atoms with E-state index in [-0.39, 0.29) is 17.5 Å². The van der Waals surface area contributed by atoms with Crippen molar-refractivity contribution in [2.75, 3.05) is 0 Å². The number of carbonyl (C=O) groups excluding carboxylic acids is 1. The number of aliphatic hydroxyl groups is 1. The van der Waals surface area contributed by atoms with Gasteiger partial charge in [-0.2, -0.15) is 0 Å². The highest BCUT2D eigenvalue weighted by Crippen LogP contribution is 2.14. The molecule has 0 fully saturated rings. The zero-order valence-electron chi connectivity index (χ0n) is 12.6. The van der Waals surface area contributed by atoms with Crippen LogP contribution in [0.15, 0.2) is 53.8 Å². The second-order valence-corrected chi connectivity index (χ2v) is 5.44. The lowest BCUT2D eigenvalue weighted by atomic mass is 10.0. The van der Waals surface area contributed by atoms with Gasteiger partial charge in [0.1, 0.15) is 0 Å². The van der Waals surface area contributed by atoms with Crippen molar-refractivity contribution < 1.29 is 9.90 Å². The van der Waals surface area contributed by atoms with E-state index in [1.54, 1.807) is 0 Å². The van der Waals surface area contributed by atoms with Gasteiger partial charge in [0.25, 0.3) is 0 Å². The van der Waals surface area contributed by atoms with E-state index in [1.165, 1.54) is 11.6 Å². The molecule has 1 rings (SSSR count). The van der Waals surface area contributed by atoms with Crippen LogP contribution in [0.1, 0.15) is 39.2 Å². The minimum Gasteiger partial charge on any atom is -0.512 e. The first-order chi connectivity index (χ1) is 9.49. The van der Waals surface area contributed by atoms with Gasteiger partial charge in [-0.25, -0.2) is 0 Å². The minimum atomic E-state index is -0.0181. The molecule has 0 heterocycles. The van der Waals surface area contributed by atoms with Crippen LogP contribution in [-0.4, -0.2) is 10.9 Å². The van der Waals surface area contributed by atoms with Crippen molar-refractivity contribution in [2.45, 2.75) is 40.0 Å². The number of benzene rings is 1. The molecule has 0 aromatic heterocycles. The van der Waals surface area contributed by atoms with Crippen LogP contribution in [-0.2, 0) is 11.2 Å². The molecule has 0 amide bonds. The zero-order valence-corrected chi connectivity index (χ0v) is 12.6. The second-order valence-electron chi connectivity index (χ2n) is 5.44. The van der Waals surface area contributed by atoms with Gasteiger partial charge in [-0.05, 0) is 32.3 Å². The number of hydrogen-bond donors (Lipinski definition) is 1. The second kappa shape index (κ2) is 8.36. The highest BCUT2D eigenvalue weighted by molar-refractivity contribution is 5.90. The maximum absolute atomic E-state index is 11.8. The Morgan fingerprint density at radius 1 is 1.25 bits per heavy atom. The summed E-state index contributed by atoms with van der Waals surface area (Å²) in [5.41, 5.74) is 2.37. The molecule has 108 valence electrons. The number of allylic oxidation sites excluding steroid dienone is 4. The van der Waals surface area contributed by atoms with E-state index in [4.69, 9.17) is 0 Å². The van der Waals surface area contributed by atoms with Crippen LogP contribution in [0.5, 0.6) is 0 Å². The first-order valence-electron chi connectivity index (χ1n) is 7.09. The Morgan fingerprint density at radius 2 is 1.90 bits per heavy atom. The topological polar surface area (TPSA) is 37.3 Å². The highest BCUT2D eigenvalue weighted by Gasteiger charge is 2.08. The van der Waals surface area contributed by atoms with Gasteiger partial charge in [0.15, 0.2) is 5.78 Å². The van der Waals surface area contributed by atoms with Crippen molar-refractivity contribution in [3.63, 3.8) is 0 Å². The molecule has 0 radical (unpaired) electrons. The van der Waals surface area contributed by atoms with Crippen LogP contribution >= 0.6 is 0 Å². The van der Waals surface area contributed by atoms with Crippen molar-refractivity contribution in [3.05, 3.63) is 59.4 Å². The van der Waals surface area contributed by atoms with E-state index in [0.29, 0.717) is 12.8 Å². The van der Waals surface area contributed by atoms with Gasteiger partial charge in [0, 0.05) is 18.4 Å². The molecular formula is C18H24O2. The summed E-state index contributed by atoms with van der Waals surface area (Å²) >= 11 is 0. The van der Waals surface area contributed by atoms with Crippen LogP contribution in [0.3, 0.4) is 0 Å². The van der Waals surface area contributed by atoms with Gasteiger partial charge in [-0.3, -0.25) is 4.79 Å². The summed E-state index contributed by atoms with van der Waals surface area (Å²) in [5, 5.41) is 9.91. The minimum absolute atomic E-state index is 0.00873. The lowest BCUT2D eigenvalue weighted by Crippen LogP contribution is -2.03. The molecule has 0 aliphatic heterocycles. The summed E-state index contributed by atoms with van der Waals surface area (Å²) in [6, 6.07) is 9.91. The Bertz CT molecular complexity index is 479. The summed E-state index contributed by atoms with van der Waals surface area (Å²) in [4.78, 5) is 11.8. The van der Waals surface area contributed by atoms with E-state index in [2.05, 4.69) is 6.08 Å². The molecule has 20 heavy (non-hydrogen) atoms. The Balaban J connectivity index is 2.47. The SMILES string of the molecule is CC(C)=CC[C@@H](C)C(O)=CC(=O)CCc1ccccc1. The first kappa shape index (κ1) is 16.2.